The zero-order valence-electron chi connectivity index (χ0n) is 12.6. The van der Waals surface area contributed by atoms with E-state index in [-0.39, 0.29) is 5.82 Å². The number of nitrogens with zero attached hydrogens (tertiary/aromatic N) is 3. The number of hydrogen-bond donors (Lipinski definition) is 0. The molecule has 0 spiro atoms. The Bertz CT molecular complexity index is 976. The van der Waals surface area contributed by atoms with Gasteiger partial charge in [-0.3, -0.25) is 4.99 Å². The summed E-state index contributed by atoms with van der Waals surface area (Å²) in [6.45, 7) is 0. The van der Waals surface area contributed by atoms with Gasteiger partial charge in [-0.25, -0.2) is 9.07 Å². The number of halogens is 3. The lowest BCUT2D eigenvalue weighted by Gasteiger charge is -2.06. The van der Waals surface area contributed by atoms with Crippen LogP contribution in [0.5, 0.6) is 0 Å². The molecule has 0 unspecified atom stereocenters. The van der Waals surface area contributed by atoms with E-state index in [4.69, 9.17) is 23.2 Å². The number of thiazole rings is 1. The molecule has 0 saturated carbocycles. The highest BCUT2D eigenvalue weighted by Crippen LogP contribution is 2.30. The number of aromatic nitrogens is 1. The maximum absolute atomic E-state index is 13.8. The Morgan fingerprint density at radius 2 is 1.96 bits per heavy atom. The molecule has 2 aromatic carbocycles. The van der Waals surface area contributed by atoms with E-state index >= 15 is 0 Å². The predicted octanol–water partition coefficient (Wildman–Crippen LogP) is 5.08. The van der Waals surface area contributed by atoms with Crippen molar-refractivity contribution in [3.8, 4) is 11.3 Å². The second kappa shape index (κ2) is 7.30. The zero-order chi connectivity index (χ0) is 17.1. The topological polar surface area (TPSA) is 29.6 Å². The van der Waals surface area contributed by atoms with Crippen LogP contribution in [0, 0.1) is 5.82 Å². The van der Waals surface area contributed by atoms with Crippen molar-refractivity contribution in [1.82, 2.24) is 4.68 Å². The lowest BCUT2D eigenvalue weighted by molar-refractivity contribution is 0.625. The Morgan fingerprint density at radius 1 is 1.17 bits per heavy atom. The Labute approximate surface area is 152 Å². The largest absolute Gasteiger partial charge is 0.261 e. The van der Waals surface area contributed by atoms with Crippen LogP contribution in [-0.2, 0) is 0 Å². The van der Waals surface area contributed by atoms with Crippen LogP contribution in [0.15, 0.2) is 57.9 Å². The van der Waals surface area contributed by atoms with Crippen LogP contribution in [0.2, 0.25) is 10.0 Å². The molecule has 0 aliphatic carbocycles. The summed E-state index contributed by atoms with van der Waals surface area (Å²) in [6, 6.07) is 11.7. The summed E-state index contributed by atoms with van der Waals surface area (Å²) < 4.78 is 15.4. The molecule has 3 nitrogen and oxygen atoms in total. The molecular weight excluding hydrogens is 368 g/mol. The molecule has 24 heavy (non-hydrogen) atoms. The molecule has 0 N–H and O–H groups in total. The zero-order valence-corrected chi connectivity index (χ0v) is 14.9. The third kappa shape index (κ3) is 3.43. The molecule has 3 rings (SSSR count). The summed E-state index contributed by atoms with van der Waals surface area (Å²) in [7, 11) is 1.67. The number of rotatable bonds is 3. The molecule has 122 valence electrons. The lowest BCUT2D eigenvalue weighted by Crippen LogP contribution is -2.11. The van der Waals surface area contributed by atoms with Crippen LogP contribution in [0.25, 0.3) is 11.3 Å². The van der Waals surface area contributed by atoms with Gasteiger partial charge in [0.2, 0.25) is 4.80 Å². The molecule has 0 amide bonds. The fourth-order valence-electron chi connectivity index (χ4n) is 2.14. The van der Waals surface area contributed by atoms with Gasteiger partial charge < -0.3 is 0 Å². The first-order valence-corrected chi connectivity index (χ1v) is 8.61. The molecule has 1 aromatic heterocycles. The van der Waals surface area contributed by atoms with Crippen LogP contribution in [0.1, 0.15) is 5.56 Å². The summed E-state index contributed by atoms with van der Waals surface area (Å²) in [6.07, 6.45) is 1.46. The average molecular weight is 380 g/mol. The smallest absolute Gasteiger partial charge is 0.205 e. The van der Waals surface area contributed by atoms with Crippen LogP contribution >= 0.6 is 34.5 Å². The summed E-state index contributed by atoms with van der Waals surface area (Å²) in [5.41, 5.74) is 1.93. The molecule has 0 aliphatic rings. The van der Waals surface area contributed by atoms with Gasteiger partial charge in [0, 0.05) is 28.6 Å². The van der Waals surface area contributed by atoms with Crippen LogP contribution in [-0.4, -0.2) is 17.9 Å². The molecule has 0 aliphatic heterocycles. The van der Waals surface area contributed by atoms with E-state index in [9.17, 15) is 4.39 Å². The van der Waals surface area contributed by atoms with Gasteiger partial charge in [-0.2, -0.15) is 5.10 Å². The Morgan fingerprint density at radius 3 is 2.67 bits per heavy atom. The predicted molar refractivity (Wildman–Crippen MR) is 98.6 cm³/mol. The van der Waals surface area contributed by atoms with Crippen LogP contribution in [0.3, 0.4) is 0 Å². The maximum atomic E-state index is 13.8. The minimum Gasteiger partial charge on any atom is -0.261 e. The van der Waals surface area contributed by atoms with Gasteiger partial charge in [-0.15, -0.1) is 11.3 Å². The number of hydrogen-bond acceptors (Lipinski definition) is 3. The highest BCUT2D eigenvalue weighted by Gasteiger charge is 2.11. The van der Waals surface area contributed by atoms with Gasteiger partial charge in [-0.1, -0.05) is 41.4 Å². The molecule has 0 atom stereocenters. The molecule has 3 aromatic rings. The number of benzene rings is 2. The highest BCUT2D eigenvalue weighted by atomic mass is 35.5. The summed E-state index contributed by atoms with van der Waals surface area (Å²) >= 11 is 13.7. The minimum absolute atomic E-state index is 0.335. The third-order valence-corrected chi connectivity index (χ3v) is 4.76. The molecule has 0 bridgehead atoms. The molecule has 0 fully saturated rings. The van der Waals surface area contributed by atoms with Gasteiger partial charge in [-0.05, 0) is 24.3 Å². The van der Waals surface area contributed by atoms with E-state index in [0.717, 1.165) is 11.3 Å². The van der Waals surface area contributed by atoms with E-state index in [0.29, 0.717) is 20.4 Å². The Kier molecular flexibility index (Phi) is 5.14. The minimum atomic E-state index is -0.335. The summed E-state index contributed by atoms with van der Waals surface area (Å²) in [5.74, 6) is -0.335. The SMILES string of the molecule is CN=c1scc(-c2ccc(Cl)cc2Cl)n1/N=C\c1ccccc1F. The molecule has 0 saturated heterocycles. The maximum Gasteiger partial charge on any atom is 0.205 e. The third-order valence-electron chi connectivity index (χ3n) is 3.30. The van der Waals surface area contributed by atoms with Crippen molar-refractivity contribution in [3.63, 3.8) is 0 Å². The first kappa shape index (κ1) is 16.9. The fourth-order valence-corrected chi connectivity index (χ4v) is 3.44. The van der Waals surface area contributed by atoms with Crippen molar-refractivity contribution in [2.24, 2.45) is 10.1 Å². The van der Waals surface area contributed by atoms with Crippen molar-refractivity contribution in [2.75, 3.05) is 7.05 Å². The molecule has 7 heteroatoms. The van der Waals surface area contributed by atoms with Crippen molar-refractivity contribution in [2.45, 2.75) is 0 Å². The molecule has 1 heterocycles. The van der Waals surface area contributed by atoms with Gasteiger partial charge in [0.25, 0.3) is 0 Å². The second-order valence-electron chi connectivity index (χ2n) is 4.83. The van der Waals surface area contributed by atoms with Gasteiger partial charge in [0.15, 0.2) is 0 Å². The van der Waals surface area contributed by atoms with E-state index in [1.54, 1.807) is 42.1 Å². The Hall–Kier alpha value is -1.95. The van der Waals surface area contributed by atoms with Crippen molar-refractivity contribution in [1.29, 1.82) is 0 Å². The van der Waals surface area contributed by atoms with Crippen molar-refractivity contribution < 1.29 is 4.39 Å². The van der Waals surface area contributed by atoms with Gasteiger partial charge >= 0.3 is 0 Å². The van der Waals surface area contributed by atoms with E-state index < -0.39 is 0 Å². The Balaban J connectivity index is 2.11. The lowest BCUT2D eigenvalue weighted by atomic mass is 10.2. The quantitative estimate of drug-likeness (QED) is 0.568. The van der Waals surface area contributed by atoms with E-state index in [1.165, 1.54) is 23.6 Å². The molecular formula is C17H12Cl2FN3S. The van der Waals surface area contributed by atoms with Gasteiger partial charge in [0.05, 0.1) is 16.9 Å². The van der Waals surface area contributed by atoms with Crippen molar-refractivity contribution >= 4 is 40.8 Å². The standard InChI is InChI=1S/C17H12Cl2FN3S/c1-21-17-23(22-9-11-4-2-3-5-15(11)20)16(10-24-17)13-7-6-12(18)8-14(13)19/h2-10H,1H3/b21-17?,22-9-. The molecule has 0 radical (unpaired) electrons. The van der Waals surface area contributed by atoms with E-state index in [1.807, 2.05) is 11.4 Å². The van der Waals surface area contributed by atoms with Crippen molar-refractivity contribution in [3.05, 3.63) is 74.1 Å². The monoisotopic (exact) mass is 379 g/mol. The fraction of sp³-hybridized carbons (Fsp3) is 0.0588. The average Bonchev–Trinajstić information content (AvgIpc) is 2.97. The van der Waals surface area contributed by atoms with E-state index in [2.05, 4.69) is 10.1 Å². The van der Waals surface area contributed by atoms with Gasteiger partial charge in [0.1, 0.15) is 5.82 Å². The summed E-state index contributed by atoms with van der Waals surface area (Å²) in [4.78, 5) is 4.87. The summed E-state index contributed by atoms with van der Waals surface area (Å²) in [5, 5.41) is 7.35. The normalized spacial score (nSPS) is 12.2. The second-order valence-corrected chi connectivity index (χ2v) is 6.51. The van der Waals surface area contributed by atoms with Crippen LogP contribution < -0.4 is 4.80 Å². The first-order valence-electron chi connectivity index (χ1n) is 6.98. The first-order chi connectivity index (χ1) is 11.6. The van der Waals surface area contributed by atoms with Crippen LogP contribution in [0.4, 0.5) is 4.39 Å². The highest BCUT2D eigenvalue weighted by molar-refractivity contribution is 7.07.